The Morgan fingerprint density at radius 3 is 2.56 bits per heavy atom. The van der Waals surface area contributed by atoms with Crippen LogP contribution in [0.5, 0.6) is 5.75 Å². The third kappa shape index (κ3) is 4.69. The van der Waals surface area contributed by atoms with E-state index >= 15 is 0 Å². The molecule has 1 fully saturated rings. The van der Waals surface area contributed by atoms with Gasteiger partial charge in [-0.05, 0) is 58.6 Å². The molecular formula is C26H31N7O3. The summed E-state index contributed by atoms with van der Waals surface area (Å²) in [7, 11) is 3.32. The van der Waals surface area contributed by atoms with E-state index in [9.17, 15) is 4.79 Å². The van der Waals surface area contributed by atoms with E-state index in [1.165, 1.54) is 0 Å². The highest BCUT2D eigenvalue weighted by Gasteiger charge is 2.32. The van der Waals surface area contributed by atoms with Gasteiger partial charge >= 0.3 is 0 Å². The smallest absolute Gasteiger partial charge is 0.253 e. The molecule has 5 rings (SSSR count). The molecule has 1 N–H and O–H groups in total. The van der Waals surface area contributed by atoms with Crippen molar-refractivity contribution < 1.29 is 9.47 Å². The van der Waals surface area contributed by atoms with E-state index in [-0.39, 0.29) is 11.6 Å². The monoisotopic (exact) mass is 489 g/mol. The molecule has 36 heavy (non-hydrogen) atoms. The van der Waals surface area contributed by atoms with E-state index in [0.29, 0.717) is 24.5 Å². The average Bonchev–Trinajstić information content (AvgIpc) is 3.37. The van der Waals surface area contributed by atoms with Gasteiger partial charge in [0, 0.05) is 44.5 Å². The molecule has 10 nitrogen and oxygen atoms in total. The standard InChI is InChI=1S/C26H31N7O3/c1-18-5-4-6-19-17-22(26(34)27-23(18)19)24(25-28-29-30-33(25)15-16-35-2)32-13-11-31(12-14-32)20-7-9-21(36-3)10-8-20/h4-10,17,24H,11-16H2,1-3H3,(H,27,34). The van der Waals surface area contributed by atoms with E-state index in [4.69, 9.17) is 9.47 Å². The fourth-order valence-corrected chi connectivity index (χ4v) is 4.88. The number of H-pyrrole nitrogens is 1. The Hall–Kier alpha value is -3.76. The van der Waals surface area contributed by atoms with Gasteiger partial charge in [0.25, 0.3) is 5.56 Å². The summed E-state index contributed by atoms with van der Waals surface area (Å²) < 4.78 is 12.3. The second-order valence-electron chi connectivity index (χ2n) is 8.97. The highest BCUT2D eigenvalue weighted by atomic mass is 16.5. The summed E-state index contributed by atoms with van der Waals surface area (Å²) in [6.45, 7) is 6.10. The summed E-state index contributed by atoms with van der Waals surface area (Å²) in [5.74, 6) is 1.48. The van der Waals surface area contributed by atoms with Crippen LogP contribution in [0.3, 0.4) is 0 Å². The largest absolute Gasteiger partial charge is 0.497 e. The van der Waals surface area contributed by atoms with Crippen molar-refractivity contribution >= 4 is 16.6 Å². The summed E-state index contributed by atoms with van der Waals surface area (Å²) >= 11 is 0. The molecule has 2 aromatic carbocycles. The summed E-state index contributed by atoms with van der Waals surface area (Å²) in [6, 6.07) is 15.7. The highest BCUT2D eigenvalue weighted by Crippen LogP contribution is 2.29. The lowest BCUT2D eigenvalue weighted by atomic mass is 10.0. The predicted molar refractivity (Wildman–Crippen MR) is 138 cm³/mol. The minimum absolute atomic E-state index is 0.124. The molecule has 4 aromatic rings. The van der Waals surface area contributed by atoms with Crippen molar-refractivity contribution in [1.29, 1.82) is 0 Å². The number of hydrogen-bond donors (Lipinski definition) is 1. The minimum atomic E-state index is -0.386. The maximum Gasteiger partial charge on any atom is 0.253 e. The molecule has 188 valence electrons. The van der Waals surface area contributed by atoms with Gasteiger partial charge < -0.3 is 19.4 Å². The Morgan fingerprint density at radius 2 is 1.83 bits per heavy atom. The average molecular weight is 490 g/mol. The van der Waals surface area contributed by atoms with Crippen LogP contribution >= 0.6 is 0 Å². The lowest BCUT2D eigenvalue weighted by Crippen LogP contribution is -2.49. The van der Waals surface area contributed by atoms with Gasteiger partial charge in [0.05, 0.1) is 25.8 Å². The van der Waals surface area contributed by atoms with Crippen molar-refractivity contribution in [2.75, 3.05) is 51.9 Å². The zero-order valence-electron chi connectivity index (χ0n) is 20.8. The van der Waals surface area contributed by atoms with Crippen LogP contribution in [0.2, 0.25) is 0 Å². The van der Waals surface area contributed by atoms with E-state index in [1.54, 1.807) is 18.9 Å². The molecule has 10 heteroatoms. The number of benzene rings is 2. The highest BCUT2D eigenvalue weighted by molar-refractivity contribution is 5.82. The van der Waals surface area contributed by atoms with Crippen LogP contribution < -0.4 is 15.2 Å². The first-order valence-electron chi connectivity index (χ1n) is 12.1. The molecule has 1 aliphatic heterocycles. The number of anilines is 1. The normalized spacial score (nSPS) is 15.4. The first-order chi connectivity index (χ1) is 17.6. The Morgan fingerprint density at radius 1 is 1.06 bits per heavy atom. The van der Waals surface area contributed by atoms with Crippen LogP contribution in [-0.2, 0) is 11.3 Å². The number of aryl methyl sites for hydroxylation is 1. The molecule has 0 radical (unpaired) electrons. The Bertz CT molecular complexity index is 1370. The number of pyridine rings is 1. The Kier molecular flexibility index (Phi) is 6.97. The van der Waals surface area contributed by atoms with Crippen LogP contribution in [0.1, 0.15) is 23.0 Å². The van der Waals surface area contributed by atoms with Gasteiger partial charge in [-0.3, -0.25) is 9.69 Å². The first kappa shape index (κ1) is 24.0. The number of hydrogen-bond acceptors (Lipinski definition) is 8. The van der Waals surface area contributed by atoms with Gasteiger partial charge in [0.1, 0.15) is 11.8 Å². The van der Waals surface area contributed by atoms with Crippen LogP contribution in [0, 0.1) is 6.92 Å². The van der Waals surface area contributed by atoms with Crippen LogP contribution in [0.4, 0.5) is 5.69 Å². The maximum atomic E-state index is 13.4. The number of aromatic amines is 1. The topological polar surface area (TPSA) is 101 Å². The zero-order valence-corrected chi connectivity index (χ0v) is 20.8. The number of methoxy groups -OCH3 is 2. The third-order valence-electron chi connectivity index (χ3n) is 6.84. The summed E-state index contributed by atoms with van der Waals surface area (Å²) in [4.78, 5) is 21.2. The molecule has 0 amide bonds. The number of nitrogens with zero attached hydrogens (tertiary/aromatic N) is 6. The molecular weight excluding hydrogens is 458 g/mol. The third-order valence-corrected chi connectivity index (χ3v) is 6.84. The molecule has 0 saturated carbocycles. The van der Waals surface area contributed by atoms with Crippen LogP contribution in [0.15, 0.2) is 53.3 Å². The Balaban J connectivity index is 1.49. The second kappa shape index (κ2) is 10.5. The van der Waals surface area contributed by atoms with Crippen molar-refractivity contribution in [3.05, 3.63) is 75.8 Å². The van der Waals surface area contributed by atoms with Gasteiger partial charge in [0.15, 0.2) is 5.82 Å². The van der Waals surface area contributed by atoms with Crippen molar-refractivity contribution in [2.45, 2.75) is 19.5 Å². The Labute approximate surface area is 209 Å². The first-order valence-corrected chi connectivity index (χ1v) is 12.1. The van der Waals surface area contributed by atoms with E-state index in [1.807, 2.05) is 43.3 Å². The molecule has 0 spiro atoms. The zero-order chi connectivity index (χ0) is 25.1. The number of rotatable bonds is 8. The van der Waals surface area contributed by atoms with Crippen molar-refractivity contribution in [2.24, 2.45) is 0 Å². The summed E-state index contributed by atoms with van der Waals surface area (Å²) in [6.07, 6.45) is 0. The van der Waals surface area contributed by atoms with Gasteiger partial charge in [-0.15, -0.1) is 5.10 Å². The number of tetrazole rings is 1. The predicted octanol–water partition coefficient (Wildman–Crippen LogP) is 2.39. The number of aromatic nitrogens is 5. The lowest BCUT2D eigenvalue weighted by Gasteiger charge is -2.39. The fourth-order valence-electron chi connectivity index (χ4n) is 4.88. The van der Waals surface area contributed by atoms with E-state index in [2.05, 4.69) is 42.4 Å². The van der Waals surface area contributed by atoms with Crippen molar-refractivity contribution in [3.8, 4) is 5.75 Å². The van der Waals surface area contributed by atoms with Gasteiger partial charge in [-0.1, -0.05) is 18.2 Å². The summed E-state index contributed by atoms with van der Waals surface area (Å²) in [5.41, 5.74) is 3.55. The van der Waals surface area contributed by atoms with E-state index in [0.717, 1.165) is 54.1 Å². The number of nitrogens with one attached hydrogen (secondary N) is 1. The fraction of sp³-hybridized carbons (Fsp3) is 0.385. The van der Waals surface area contributed by atoms with E-state index < -0.39 is 0 Å². The molecule has 3 heterocycles. The molecule has 0 bridgehead atoms. The molecule has 1 atom stereocenters. The maximum absolute atomic E-state index is 13.4. The number of fused-ring (bicyclic) bond motifs is 1. The van der Waals surface area contributed by atoms with Crippen molar-refractivity contribution in [1.82, 2.24) is 30.1 Å². The number of para-hydroxylation sites is 1. The van der Waals surface area contributed by atoms with Crippen LogP contribution in [0.25, 0.3) is 10.9 Å². The number of ether oxygens (including phenoxy) is 2. The minimum Gasteiger partial charge on any atom is -0.497 e. The lowest BCUT2D eigenvalue weighted by molar-refractivity contribution is 0.171. The van der Waals surface area contributed by atoms with Crippen LogP contribution in [-0.4, -0.2) is 77.1 Å². The van der Waals surface area contributed by atoms with Gasteiger partial charge in [-0.25, -0.2) is 4.68 Å². The van der Waals surface area contributed by atoms with Gasteiger partial charge in [-0.2, -0.15) is 0 Å². The molecule has 1 unspecified atom stereocenters. The molecule has 2 aromatic heterocycles. The molecule has 1 aliphatic rings. The number of piperazine rings is 1. The van der Waals surface area contributed by atoms with Crippen molar-refractivity contribution in [3.63, 3.8) is 0 Å². The SMILES string of the molecule is COCCn1nnnc1C(c1cc2cccc(C)c2[nH]c1=O)N1CCN(c2ccc(OC)cc2)CC1. The second-order valence-corrected chi connectivity index (χ2v) is 8.97. The molecule has 1 saturated heterocycles. The summed E-state index contributed by atoms with van der Waals surface area (Å²) in [5, 5.41) is 13.5. The quantitative estimate of drug-likeness (QED) is 0.403. The molecule has 0 aliphatic carbocycles. The van der Waals surface area contributed by atoms with Gasteiger partial charge in [0.2, 0.25) is 0 Å².